The van der Waals surface area contributed by atoms with Gasteiger partial charge in [0.1, 0.15) is 0 Å². The number of hydrogen-bond acceptors (Lipinski definition) is 2. The van der Waals surface area contributed by atoms with Crippen LogP contribution in [0.2, 0.25) is 0 Å². The number of hydrogen-bond donors (Lipinski definition) is 1. The third kappa shape index (κ3) is 2.26. The van der Waals surface area contributed by atoms with E-state index in [9.17, 15) is 0 Å². The van der Waals surface area contributed by atoms with Gasteiger partial charge in [-0.3, -0.25) is 0 Å². The Balaban J connectivity index is 1.76. The summed E-state index contributed by atoms with van der Waals surface area (Å²) in [6, 6.07) is 6.59. The van der Waals surface area contributed by atoms with Crippen molar-refractivity contribution in [3.05, 3.63) is 29.3 Å². The molecular weight excluding hydrogens is 222 g/mol. The van der Waals surface area contributed by atoms with Crippen LogP contribution in [-0.4, -0.2) is 24.8 Å². The van der Waals surface area contributed by atoms with Crippen LogP contribution in [0.4, 0.5) is 5.69 Å². The minimum Gasteiger partial charge on any atom is -0.396 e. The number of fused-ring (bicyclic) bond motifs is 1. The normalized spacial score (nSPS) is 19.5. The molecule has 98 valence electrons. The van der Waals surface area contributed by atoms with Gasteiger partial charge in [-0.15, -0.1) is 0 Å². The molecule has 1 heterocycles. The summed E-state index contributed by atoms with van der Waals surface area (Å²) in [4.78, 5) is 2.58. The van der Waals surface area contributed by atoms with Gasteiger partial charge in [-0.1, -0.05) is 25.0 Å². The molecule has 0 aromatic heterocycles. The van der Waals surface area contributed by atoms with Crippen LogP contribution in [-0.2, 0) is 12.8 Å². The second kappa shape index (κ2) is 5.31. The lowest BCUT2D eigenvalue weighted by Gasteiger charge is -2.23. The van der Waals surface area contributed by atoms with E-state index < -0.39 is 0 Å². The third-order valence-corrected chi connectivity index (χ3v) is 4.56. The predicted octanol–water partition coefficient (Wildman–Crippen LogP) is 2.77. The minimum absolute atomic E-state index is 0.263. The Hall–Kier alpha value is -1.02. The van der Waals surface area contributed by atoms with E-state index in [1.54, 1.807) is 0 Å². The summed E-state index contributed by atoms with van der Waals surface area (Å²) in [5, 5.41) is 9.13. The molecule has 1 aliphatic heterocycles. The highest BCUT2D eigenvalue weighted by molar-refractivity contribution is 5.61. The van der Waals surface area contributed by atoms with Crippen LogP contribution < -0.4 is 4.90 Å². The van der Waals surface area contributed by atoms with Crippen molar-refractivity contribution < 1.29 is 5.11 Å². The van der Waals surface area contributed by atoms with E-state index in [0.717, 1.165) is 18.8 Å². The fourth-order valence-electron chi connectivity index (χ4n) is 3.62. The quantitative estimate of drug-likeness (QED) is 0.881. The van der Waals surface area contributed by atoms with Gasteiger partial charge in [-0.25, -0.2) is 0 Å². The monoisotopic (exact) mass is 245 g/mol. The maximum atomic E-state index is 9.13. The van der Waals surface area contributed by atoms with Crippen LogP contribution in [0.1, 0.15) is 36.8 Å². The third-order valence-electron chi connectivity index (χ3n) is 4.56. The van der Waals surface area contributed by atoms with Crippen molar-refractivity contribution >= 4 is 5.69 Å². The van der Waals surface area contributed by atoms with Gasteiger partial charge in [0.05, 0.1) is 0 Å². The van der Waals surface area contributed by atoms with Crippen molar-refractivity contribution in [3.8, 4) is 0 Å². The molecule has 0 unspecified atom stereocenters. The number of rotatable bonds is 4. The molecule has 1 saturated carbocycles. The van der Waals surface area contributed by atoms with Gasteiger partial charge in [0.2, 0.25) is 0 Å². The first-order chi connectivity index (χ1) is 8.88. The standard InChI is InChI=1S/C16H23NO/c18-11-9-14-6-3-7-16-15(14)8-10-17(16)12-13-4-1-2-5-13/h3,6-7,13,18H,1-2,4-5,8-12H2. The SMILES string of the molecule is OCCc1cccc2c1CCN2CC1CCCC1. The van der Waals surface area contributed by atoms with Crippen molar-refractivity contribution in [2.75, 3.05) is 24.6 Å². The van der Waals surface area contributed by atoms with Gasteiger partial charge >= 0.3 is 0 Å². The number of aliphatic hydroxyl groups is 1. The zero-order valence-electron chi connectivity index (χ0n) is 11.1. The van der Waals surface area contributed by atoms with E-state index >= 15 is 0 Å². The highest BCUT2D eigenvalue weighted by atomic mass is 16.2. The summed E-state index contributed by atoms with van der Waals surface area (Å²) in [6.45, 7) is 2.68. The predicted molar refractivity (Wildman–Crippen MR) is 75.1 cm³/mol. The molecule has 3 rings (SSSR count). The maximum Gasteiger partial charge on any atom is 0.0471 e. The van der Waals surface area contributed by atoms with Crippen molar-refractivity contribution in [3.63, 3.8) is 0 Å². The summed E-state index contributed by atoms with van der Waals surface area (Å²) in [5.41, 5.74) is 4.28. The summed E-state index contributed by atoms with van der Waals surface area (Å²) in [6.07, 6.45) is 7.66. The smallest absolute Gasteiger partial charge is 0.0471 e. The molecule has 2 nitrogen and oxygen atoms in total. The molecule has 0 spiro atoms. The lowest BCUT2D eigenvalue weighted by atomic mass is 10.0. The topological polar surface area (TPSA) is 23.5 Å². The van der Waals surface area contributed by atoms with E-state index in [4.69, 9.17) is 5.11 Å². The molecule has 0 saturated heterocycles. The van der Waals surface area contributed by atoms with E-state index in [0.29, 0.717) is 0 Å². The molecule has 0 radical (unpaired) electrons. The summed E-state index contributed by atoms with van der Waals surface area (Å²) in [5.74, 6) is 0.914. The Labute approximate surface area is 110 Å². The highest BCUT2D eigenvalue weighted by Gasteiger charge is 2.25. The van der Waals surface area contributed by atoms with Gasteiger partial charge in [-0.05, 0) is 48.8 Å². The van der Waals surface area contributed by atoms with Crippen LogP contribution >= 0.6 is 0 Å². The van der Waals surface area contributed by atoms with E-state index in [-0.39, 0.29) is 6.61 Å². The highest BCUT2D eigenvalue weighted by Crippen LogP contribution is 2.34. The Morgan fingerprint density at radius 2 is 2.06 bits per heavy atom. The Bertz CT molecular complexity index is 410. The first-order valence-corrected chi connectivity index (χ1v) is 7.35. The van der Waals surface area contributed by atoms with Gasteiger partial charge in [0.25, 0.3) is 0 Å². The van der Waals surface area contributed by atoms with E-state index in [1.807, 2.05) is 0 Å². The average molecular weight is 245 g/mol. The van der Waals surface area contributed by atoms with E-state index in [2.05, 4.69) is 23.1 Å². The van der Waals surface area contributed by atoms with Gasteiger partial charge in [0.15, 0.2) is 0 Å². The van der Waals surface area contributed by atoms with Crippen LogP contribution in [0.15, 0.2) is 18.2 Å². The van der Waals surface area contributed by atoms with Crippen LogP contribution in [0.5, 0.6) is 0 Å². The largest absolute Gasteiger partial charge is 0.396 e. The fourth-order valence-corrected chi connectivity index (χ4v) is 3.62. The van der Waals surface area contributed by atoms with Gasteiger partial charge in [0, 0.05) is 25.4 Å². The first-order valence-electron chi connectivity index (χ1n) is 7.35. The molecule has 2 heteroatoms. The molecule has 18 heavy (non-hydrogen) atoms. The van der Waals surface area contributed by atoms with Crippen molar-refractivity contribution in [2.24, 2.45) is 5.92 Å². The molecule has 2 aliphatic rings. The summed E-state index contributed by atoms with van der Waals surface area (Å²) < 4.78 is 0. The maximum absolute atomic E-state index is 9.13. The van der Waals surface area contributed by atoms with Crippen LogP contribution in [0.3, 0.4) is 0 Å². The fraction of sp³-hybridized carbons (Fsp3) is 0.625. The second-order valence-electron chi connectivity index (χ2n) is 5.73. The zero-order chi connectivity index (χ0) is 12.4. The average Bonchev–Trinajstić information content (AvgIpc) is 3.01. The lowest BCUT2D eigenvalue weighted by molar-refractivity contribution is 0.299. The first kappa shape index (κ1) is 12.0. The molecule has 1 aliphatic carbocycles. The molecule has 0 atom stereocenters. The second-order valence-corrected chi connectivity index (χ2v) is 5.73. The molecular formula is C16H23NO. The van der Waals surface area contributed by atoms with Crippen LogP contribution in [0, 0.1) is 5.92 Å². The zero-order valence-corrected chi connectivity index (χ0v) is 11.1. The molecule has 0 amide bonds. The Morgan fingerprint density at radius 3 is 2.83 bits per heavy atom. The van der Waals surface area contributed by atoms with Gasteiger partial charge < -0.3 is 10.0 Å². The molecule has 1 aromatic rings. The minimum atomic E-state index is 0.263. The van der Waals surface area contributed by atoms with E-state index in [1.165, 1.54) is 55.6 Å². The summed E-state index contributed by atoms with van der Waals surface area (Å²) in [7, 11) is 0. The van der Waals surface area contributed by atoms with Gasteiger partial charge in [-0.2, -0.15) is 0 Å². The van der Waals surface area contributed by atoms with Crippen molar-refractivity contribution in [2.45, 2.75) is 38.5 Å². The van der Waals surface area contributed by atoms with Crippen LogP contribution in [0.25, 0.3) is 0 Å². The number of anilines is 1. The number of nitrogens with zero attached hydrogens (tertiary/aromatic N) is 1. The Kier molecular flexibility index (Phi) is 3.55. The molecule has 1 aromatic carbocycles. The lowest BCUT2D eigenvalue weighted by Crippen LogP contribution is -2.26. The van der Waals surface area contributed by atoms with Crippen molar-refractivity contribution in [1.29, 1.82) is 0 Å². The number of benzene rings is 1. The summed E-state index contributed by atoms with van der Waals surface area (Å²) >= 11 is 0. The van der Waals surface area contributed by atoms with Crippen molar-refractivity contribution in [1.82, 2.24) is 0 Å². The molecule has 1 fully saturated rings. The Morgan fingerprint density at radius 1 is 1.22 bits per heavy atom. The molecule has 0 bridgehead atoms. The number of aliphatic hydroxyl groups excluding tert-OH is 1. The molecule has 1 N–H and O–H groups in total.